The molecule has 17 heavy (non-hydrogen) atoms. The van der Waals surface area contributed by atoms with Crippen molar-refractivity contribution in [2.75, 3.05) is 18.1 Å². The van der Waals surface area contributed by atoms with Crippen LogP contribution in [-0.4, -0.2) is 34.2 Å². The van der Waals surface area contributed by atoms with Gasteiger partial charge in [0.15, 0.2) is 0 Å². The van der Waals surface area contributed by atoms with Crippen molar-refractivity contribution in [3.05, 3.63) is 12.1 Å². The molecule has 1 aromatic heterocycles. The molecular weight excluding hydrogens is 234 g/mol. The van der Waals surface area contributed by atoms with Crippen LogP contribution in [0.3, 0.4) is 0 Å². The Balaban J connectivity index is 1.80. The van der Waals surface area contributed by atoms with Crippen molar-refractivity contribution in [1.29, 1.82) is 0 Å². The third-order valence-corrected chi connectivity index (χ3v) is 3.92. The van der Waals surface area contributed by atoms with Crippen LogP contribution >= 0.6 is 11.8 Å². The van der Waals surface area contributed by atoms with Gasteiger partial charge < -0.3 is 10.4 Å². The van der Waals surface area contributed by atoms with Gasteiger partial charge in [-0.1, -0.05) is 12.8 Å². The second-order valence-electron chi connectivity index (χ2n) is 4.45. The molecule has 1 saturated carbocycles. The highest BCUT2D eigenvalue weighted by Crippen LogP contribution is 2.27. The lowest BCUT2D eigenvalue weighted by atomic mass is 10.0. The van der Waals surface area contributed by atoms with Crippen LogP contribution in [0.15, 0.2) is 17.2 Å². The summed E-state index contributed by atoms with van der Waals surface area (Å²) in [4.78, 5) is 0. The lowest BCUT2D eigenvalue weighted by Gasteiger charge is -2.18. The van der Waals surface area contributed by atoms with Crippen molar-refractivity contribution >= 4 is 17.6 Å². The molecule has 0 spiro atoms. The summed E-state index contributed by atoms with van der Waals surface area (Å²) in [6.07, 6.45) is 6.52. The number of nitrogens with one attached hydrogen (secondary N) is 1. The van der Waals surface area contributed by atoms with Gasteiger partial charge >= 0.3 is 0 Å². The molecule has 2 rings (SSSR count). The Hall–Kier alpha value is -0.810. The minimum Gasteiger partial charge on any atom is -0.391 e. The second-order valence-corrected chi connectivity index (χ2v) is 5.28. The van der Waals surface area contributed by atoms with Crippen molar-refractivity contribution < 1.29 is 5.11 Å². The van der Waals surface area contributed by atoms with E-state index in [0.717, 1.165) is 23.7 Å². The van der Waals surface area contributed by atoms with Crippen molar-refractivity contribution in [1.82, 2.24) is 10.2 Å². The minimum atomic E-state index is -0.264. The van der Waals surface area contributed by atoms with Gasteiger partial charge in [-0.3, -0.25) is 0 Å². The van der Waals surface area contributed by atoms with Gasteiger partial charge in [0.05, 0.1) is 6.10 Å². The molecule has 0 radical (unpaired) electrons. The van der Waals surface area contributed by atoms with E-state index in [-0.39, 0.29) is 6.10 Å². The molecular formula is C12H19N3OS. The number of aliphatic hydroxyl groups excluding tert-OH is 1. The van der Waals surface area contributed by atoms with E-state index in [9.17, 15) is 5.11 Å². The third kappa shape index (κ3) is 3.57. The largest absolute Gasteiger partial charge is 0.391 e. The Kier molecular flexibility index (Phi) is 4.62. The number of hydrogen-bond donors (Lipinski definition) is 2. The Bertz CT molecular complexity index is 338. The predicted octanol–water partition coefficient (Wildman–Crippen LogP) is 2.16. The molecule has 0 saturated heterocycles. The summed E-state index contributed by atoms with van der Waals surface area (Å²) in [5.41, 5.74) is 0. The van der Waals surface area contributed by atoms with Crippen LogP contribution in [0, 0.1) is 5.92 Å². The number of thioether (sulfide) groups is 1. The monoisotopic (exact) mass is 253 g/mol. The van der Waals surface area contributed by atoms with E-state index in [0.29, 0.717) is 12.5 Å². The SMILES string of the molecule is CSc1ccc(NCC(O)C2CCCC2)nn1. The number of nitrogens with zero attached hydrogens (tertiary/aromatic N) is 2. The Morgan fingerprint density at radius 3 is 2.76 bits per heavy atom. The van der Waals surface area contributed by atoms with Crippen molar-refractivity contribution in [2.45, 2.75) is 36.8 Å². The van der Waals surface area contributed by atoms with Crippen LogP contribution in [0.25, 0.3) is 0 Å². The first-order chi connectivity index (χ1) is 8.29. The van der Waals surface area contributed by atoms with Gasteiger partial charge in [0.1, 0.15) is 10.8 Å². The maximum atomic E-state index is 10.00. The van der Waals surface area contributed by atoms with Crippen LogP contribution in [0.5, 0.6) is 0 Å². The molecule has 5 heteroatoms. The van der Waals surface area contributed by atoms with E-state index < -0.39 is 0 Å². The summed E-state index contributed by atoms with van der Waals surface area (Å²) >= 11 is 1.57. The molecule has 0 aromatic carbocycles. The van der Waals surface area contributed by atoms with E-state index in [2.05, 4.69) is 15.5 Å². The Labute approximate surface area is 106 Å². The normalized spacial score (nSPS) is 18.2. The third-order valence-electron chi connectivity index (χ3n) is 3.29. The molecule has 1 aromatic rings. The van der Waals surface area contributed by atoms with Crippen LogP contribution in [-0.2, 0) is 0 Å². The molecule has 1 heterocycles. The summed E-state index contributed by atoms with van der Waals surface area (Å²) < 4.78 is 0. The number of aliphatic hydroxyl groups is 1. The second kappa shape index (κ2) is 6.21. The van der Waals surface area contributed by atoms with E-state index in [1.54, 1.807) is 11.8 Å². The van der Waals surface area contributed by atoms with Gasteiger partial charge in [0.25, 0.3) is 0 Å². The molecule has 0 aliphatic heterocycles. The predicted molar refractivity (Wildman–Crippen MR) is 70.3 cm³/mol. The Morgan fingerprint density at radius 2 is 2.18 bits per heavy atom. The minimum absolute atomic E-state index is 0.264. The smallest absolute Gasteiger partial charge is 0.148 e. The van der Waals surface area contributed by atoms with Gasteiger partial charge in [0.2, 0.25) is 0 Å². The Morgan fingerprint density at radius 1 is 1.41 bits per heavy atom. The quantitative estimate of drug-likeness (QED) is 0.788. The molecule has 1 aliphatic carbocycles. The molecule has 0 amide bonds. The lowest BCUT2D eigenvalue weighted by Crippen LogP contribution is -2.27. The van der Waals surface area contributed by atoms with E-state index in [4.69, 9.17) is 0 Å². The fourth-order valence-electron chi connectivity index (χ4n) is 2.24. The van der Waals surface area contributed by atoms with Gasteiger partial charge in [-0.05, 0) is 37.1 Å². The van der Waals surface area contributed by atoms with E-state index in [1.807, 2.05) is 18.4 Å². The highest BCUT2D eigenvalue weighted by atomic mass is 32.2. The number of anilines is 1. The van der Waals surface area contributed by atoms with Gasteiger partial charge in [-0.15, -0.1) is 22.0 Å². The van der Waals surface area contributed by atoms with Crippen molar-refractivity contribution in [3.63, 3.8) is 0 Å². The van der Waals surface area contributed by atoms with E-state index >= 15 is 0 Å². The molecule has 1 atom stereocenters. The van der Waals surface area contributed by atoms with Gasteiger partial charge in [-0.25, -0.2) is 0 Å². The first-order valence-corrected chi connectivity index (χ1v) is 7.31. The number of rotatable bonds is 5. The summed E-state index contributed by atoms with van der Waals surface area (Å²) in [6.45, 7) is 0.567. The summed E-state index contributed by atoms with van der Waals surface area (Å²) in [5.74, 6) is 1.20. The van der Waals surface area contributed by atoms with Crippen LogP contribution in [0.2, 0.25) is 0 Å². The zero-order valence-electron chi connectivity index (χ0n) is 10.1. The standard InChI is InChI=1S/C12H19N3OS/c1-17-12-7-6-11(14-15-12)13-8-10(16)9-4-2-3-5-9/h6-7,9-10,16H,2-5,8H2,1H3,(H,13,14). The fraction of sp³-hybridized carbons (Fsp3) is 0.667. The fourth-order valence-corrected chi connectivity index (χ4v) is 2.57. The maximum absolute atomic E-state index is 10.00. The first-order valence-electron chi connectivity index (χ1n) is 6.09. The zero-order valence-corrected chi connectivity index (χ0v) is 10.9. The molecule has 1 aliphatic rings. The molecule has 1 fully saturated rings. The average Bonchev–Trinajstić information content (AvgIpc) is 2.90. The lowest BCUT2D eigenvalue weighted by molar-refractivity contribution is 0.122. The average molecular weight is 253 g/mol. The zero-order chi connectivity index (χ0) is 12.1. The summed E-state index contributed by atoms with van der Waals surface area (Å²) in [5, 5.41) is 22.1. The van der Waals surface area contributed by atoms with Crippen LogP contribution < -0.4 is 5.32 Å². The number of hydrogen-bond acceptors (Lipinski definition) is 5. The maximum Gasteiger partial charge on any atom is 0.148 e. The van der Waals surface area contributed by atoms with Crippen molar-refractivity contribution in [3.8, 4) is 0 Å². The molecule has 2 N–H and O–H groups in total. The first kappa shape index (κ1) is 12.6. The van der Waals surface area contributed by atoms with E-state index in [1.165, 1.54) is 12.8 Å². The summed E-state index contributed by atoms with van der Waals surface area (Å²) in [6, 6.07) is 3.84. The molecule has 1 unspecified atom stereocenters. The van der Waals surface area contributed by atoms with Crippen LogP contribution in [0.1, 0.15) is 25.7 Å². The van der Waals surface area contributed by atoms with Crippen LogP contribution in [0.4, 0.5) is 5.82 Å². The topological polar surface area (TPSA) is 58.0 Å². The van der Waals surface area contributed by atoms with Gasteiger partial charge in [0, 0.05) is 6.54 Å². The highest BCUT2D eigenvalue weighted by Gasteiger charge is 2.22. The highest BCUT2D eigenvalue weighted by molar-refractivity contribution is 7.98. The molecule has 0 bridgehead atoms. The summed E-state index contributed by atoms with van der Waals surface area (Å²) in [7, 11) is 0. The number of aromatic nitrogens is 2. The molecule has 94 valence electrons. The molecule has 4 nitrogen and oxygen atoms in total. The van der Waals surface area contributed by atoms with Gasteiger partial charge in [-0.2, -0.15) is 0 Å². The van der Waals surface area contributed by atoms with Crippen molar-refractivity contribution in [2.24, 2.45) is 5.92 Å².